The van der Waals surface area contributed by atoms with Gasteiger partial charge in [0.05, 0.1) is 14.7 Å². The van der Waals surface area contributed by atoms with Crippen LogP contribution in [0.5, 0.6) is 0 Å². The number of hydrogen-bond donors (Lipinski definition) is 0. The van der Waals surface area contributed by atoms with Crippen molar-refractivity contribution in [3.05, 3.63) is 12.2 Å². The van der Waals surface area contributed by atoms with Gasteiger partial charge in [-0.1, -0.05) is 57.9 Å². The fraction of sp³-hybridized carbons (Fsp3) is 0.786. The van der Waals surface area contributed by atoms with E-state index in [0.717, 1.165) is 6.42 Å². The molecule has 17 heavy (non-hydrogen) atoms. The summed E-state index contributed by atoms with van der Waals surface area (Å²) in [6.07, 6.45) is 2.19. The lowest BCUT2D eigenvalue weighted by molar-refractivity contribution is -0.139. The molecule has 0 radical (unpaired) electrons. The van der Waals surface area contributed by atoms with Crippen LogP contribution in [0.1, 0.15) is 40.5 Å². The largest absolute Gasteiger partial charge is 0.462 e. The first-order valence-electron chi connectivity index (χ1n) is 6.84. The van der Waals surface area contributed by atoms with Gasteiger partial charge in [-0.2, -0.15) is 0 Å². The van der Waals surface area contributed by atoms with Crippen LogP contribution in [-0.4, -0.2) is 20.7 Å². The smallest absolute Gasteiger partial charge is 0.333 e. The Morgan fingerprint density at radius 1 is 1.12 bits per heavy atom. The standard InChI is InChI=1S/C14H28O2Si/c1-6-17(7-2,8-3)12-10-9-11-16-14(15)13(4)5/h4,6-12H2,1-3,5H3. The molecular formula is C14H28O2Si. The molecule has 0 atom stereocenters. The molecule has 0 saturated carbocycles. The third-order valence-electron chi connectivity index (χ3n) is 3.93. The Morgan fingerprint density at radius 2 is 1.65 bits per heavy atom. The SMILES string of the molecule is C=C(C)C(=O)OCCCC[Si](CC)(CC)CC. The van der Waals surface area contributed by atoms with Gasteiger partial charge in [-0.05, 0) is 13.3 Å². The molecule has 0 spiro atoms. The Morgan fingerprint density at radius 3 is 2.06 bits per heavy atom. The van der Waals surface area contributed by atoms with Gasteiger partial charge in [0.1, 0.15) is 0 Å². The van der Waals surface area contributed by atoms with Crippen molar-refractivity contribution >= 4 is 14.0 Å². The van der Waals surface area contributed by atoms with Crippen molar-refractivity contribution in [2.24, 2.45) is 0 Å². The van der Waals surface area contributed by atoms with E-state index in [1.54, 1.807) is 6.92 Å². The molecule has 0 bridgehead atoms. The first kappa shape index (κ1) is 16.4. The molecule has 0 aliphatic heterocycles. The number of carbonyl (C=O) groups excluding carboxylic acids is 1. The highest BCUT2D eigenvalue weighted by Gasteiger charge is 2.25. The van der Waals surface area contributed by atoms with E-state index in [9.17, 15) is 4.79 Å². The van der Waals surface area contributed by atoms with Crippen LogP contribution >= 0.6 is 0 Å². The Labute approximate surface area is 107 Å². The second-order valence-electron chi connectivity index (χ2n) is 4.93. The predicted molar refractivity (Wildman–Crippen MR) is 77.0 cm³/mol. The van der Waals surface area contributed by atoms with Crippen molar-refractivity contribution in [3.8, 4) is 0 Å². The van der Waals surface area contributed by atoms with E-state index in [2.05, 4.69) is 27.4 Å². The summed E-state index contributed by atoms with van der Waals surface area (Å²) in [6, 6.07) is 5.52. The summed E-state index contributed by atoms with van der Waals surface area (Å²) in [4.78, 5) is 11.2. The normalized spacial score (nSPS) is 11.3. The fourth-order valence-corrected chi connectivity index (χ4v) is 5.73. The molecule has 0 aromatic carbocycles. The van der Waals surface area contributed by atoms with E-state index < -0.39 is 8.07 Å². The lowest BCUT2D eigenvalue weighted by atomic mass is 10.3. The van der Waals surface area contributed by atoms with E-state index in [0.29, 0.717) is 12.2 Å². The minimum atomic E-state index is -0.974. The summed E-state index contributed by atoms with van der Waals surface area (Å²) < 4.78 is 5.10. The van der Waals surface area contributed by atoms with Crippen LogP contribution in [0.15, 0.2) is 12.2 Å². The zero-order chi connectivity index (χ0) is 13.3. The number of unbranched alkanes of at least 4 members (excludes halogenated alkanes) is 1. The summed E-state index contributed by atoms with van der Waals surface area (Å²) in [6.45, 7) is 12.8. The monoisotopic (exact) mass is 256 g/mol. The molecule has 0 aliphatic carbocycles. The maximum atomic E-state index is 11.2. The molecule has 100 valence electrons. The molecule has 0 rings (SSSR count). The Balaban J connectivity index is 3.76. The number of esters is 1. The van der Waals surface area contributed by atoms with Gasteiger partial charge in [0.25, 0.3) is 0 Å². The molecule has 0 N–H and O–H groups in total. The number of rotatable bonds is 9. The zero-order valence-electron chi connectivity index (χ0n) is 12.0. The van der Waals surface area contributed by atoms with Gasteiger partial charge in [0, 0.05) is 5.57 Å². The van der Waals surface area contributed by atoms with Crippen molar-refractivity contribution in [1.82, 2.24) is 0 Å². The highest BCUT2D eigenvalue weighted by Crippen LogP contribution is 2.27. The Bertz CT molecular complexity index is 236. The first-order chi connectivity index (χ1) is 8.01. The minimum Gasteiger partial charge on any atom is -0.462 e. The average Bonchev–Trinajstić information content (AvgIpc) is 2.34. The molecule has 0 fully saturated rings. The van der Waals surface area contributed by atoms with Gasteiger partial charge in [0.15, 0.2) is 0 Å². The molecule has 0 amide bonds. The topological polar surface area (TPSA) is 26.3 Å². The number of hydrogen-bond acceptors (Lipinski definition) is 2. The van der Waals surface area contributed by atoms with Crippen LogP contribution in [0.4, 0.5) is 0 Å². The van der Waals surface area contributed by atoms with Crippen LogP contribution in [0.3, 0.4) is 0 Å². The molecule has 0 aromatic heterocycles. The molecule has 3 heteroatoms. The first-order valence-corrected chi connectivity index (χ1v) is 9.66. The van der Waals surface area contributed by atoms with Gasteiger partial charge in [0.2, 0.25) is 0 Å². The van der Waals surface area contributed by atoms with Crippen LogP contribution in [0.25, 0.3) is 0 Å². The molecule has 2 nitrogen and oxygen atoms in total. The van der Waals surface area contributed by atoms with E-state index in [4.69, 9.17) is 4.74 Å². The van der Waals surface area contributed by atoms with Gasteiger partial charge in [-0.3, -0.25) is 0 Å². The Hall–Kier alpha value is -0.573. The summed E-state index contributed by atoms with van der Waals surface area (Å²) in [5.74, 6) is -0.255. The highest BCUT2D eigenvalue weighted by atomic mass is 28.3. The summed E-state index contributed by atoms with van der Waals surface area (Å²) in [7, 11) is -0.974. The van der Waals surface area contributed by atoms with E-state index in [-0.39, 0.29) is 5.97 Å². The third kappa shape index (κ3) is 6.06. The predicted octanol–water partition coefficient (Wildman–Crippen LogP) is 4.39. The second-order valence-corrected chi connectivity index (χ2v) is 10.6. The Kier molecular flexibility index (Phi) is 8.22. The van der Waals surface area contributed by atoms with E-state index in [1.807, 2.05) is 0 Å². The number of carbonyl (C=O) groups is 1. The van der Waals surface area contributed by atoms with E-state index >= 15 is 0 Å². The second kappa shape index (κ2) is 8.51. The number of ether oxygens (including phenoxy) is 1. The zero-order valence-corrected chi connectivity index (χ0v) is 13.0. The quantitative estimate of drug-likeness (QED) is 0.265. The molecule has 0 aliphatic rings. The van der Waals surface area contributed by atoms with Crippen molar-refractivity contribution in [1.29, 1.82) is 0 Å². The van der Waals surface area contributed by atoms with Gasteiger partial charge < -0.3 is 4.74 Å². The third-order valence-corrected chi connectivity index (χ3v) is 9.85. The average molecular weight is 256 g/mol. The van der Waals surface area contributed by atoms with Crippen molar-refractivity contribution in [2.75, 3.05) is 6.61 Å². The molecule has 0 unspecified atom stereocenters. The summed E-state index contributed by atoms with van der Waals surface area (Å²) in [5.41, 5.74) is 0.490. The molecule has 0 heterocycles. The lowest BCUT2D eigenvalue weighted by Crippen LogP contribution is -2.30. The molecule has 0 aromatic rings. The van der Waals surface area contributed by atoms with E-state index in [1.165, 1.54) is 30.6 Å². The van der Waals surface area contributed by atoms with Crippen molar-refractivity contribution in [3.63, 3.8) is 0 Å². The maximum absolute atomic E-state index is 11.2. The van der Waals surface area contributed by atoms with Gasteiger partial charge in [-0.15, -0.1) is 0 Å². The molecule has 0 saturated heterocycles. The lowest BCUT2D eigenvalue weighted by Gasteiger charge is -2.27. The summed E-state index contributed by atoms with van der Waals surface area (Å²) in [5, 5.41) is 0. The molecular weight excluding hydrogens is 228 g/mol. The minimum absolute atomic E-state index is 0.255. The van der Waals surface area contributed by atoms with Crippen LogP contribution in [0, 0.1) is 0 Å². The highest BCUT2D eigenvalue weighted by molar-refractivity contribution is 6.79. The van der Waals surface area contributed by atoms with Crippen molar-refractivity contribution in [2.45, 2.75) is 64.7 Å². The van der Waals surface area contributed by atoms with Crippen LogP contribution in [-0.2, 0) is 9.53 Å². The van der Waals surface area contributed by atoms with Crippen LogP contribution in [0.2, 0.25) is 24.2 Å². The van der Waals surface area contributed by atoms with Gasteiger partial charge in [-0.25, -0.2) is 4.79 Å². The van der Waals surface area contributed by atoms with Crippen LogP contribution < -0.4 is 0 Å². The van der Waals surface area contributed by atoms with Crippen molar-refractivity contribution < 1.29 is 9.53 Å². The fourth-order valence-electron chi connectivity index (χ4n) is 2.17. The maximum Gasteiger partial charge on any atom is 0.333 e. The van der Waals surface area contributed by atoms with Gasteiger partial charge >= 0.3 is 5.97 Å². The summed E-state index contributed by atoms with van der Waals surface area (Å²) >= 11 is 0.